The van der Waals surface area contributed by atoms with Crippen LogP contribution in [-0.2, 0) is 16.1 Å². The lowest BCUT2D eigenvalue weighted by molar-refractivity contribution is -0.133. The first-order valence-electron chi connectivity index (χ1n) is 7.01. The van der Waals surface area contributed by atoms with Crippen molar-refractivity contribution < 1.29 is 14.6 Å². The number of thioether (sulfide) groups is 1. The number of aryl methyl sites for hydroxylation is 1. The highest BCUT2D eigenvalue weighted by molar-refractivity contribution is 7.99. The van der Waals surface area contributed by atoms with E-state index in [1.165, 1.54) is 11.8 Å². The summed E-state index contributed by atoms with van der Waals surface area (Å²) in [7, 11) is 0. The molecule has 21 heavy (non-hydrogen) atoms. The maximum absolute atomic E-state index is 10.8. The molecule has 0 radical (unpaired) electrons. The zero-order chi connectivity index (χ0) is 14.7. The number of pyridine rings is 1. The summed E-state index contributed by atoms with van der Waals surface area (Å²) in [5.74, 6) is -0.839. The zero-order valence-electron chi connectivity index (χ0n) is 11.6. The summed E-state index contributed by atoms with van der Waals surface area (Å²) in [5, 5.41) is 9.56. The van der Waals surface area contributed by atoms with Crippen LogP contribution in [0.1, 0.15) is 19.3 Å². The van der Waals surface area contributed by atoms with Crippen LogP contribution in [0.5, 0.6) is 0 Å². The minimum Gasteiger partial charge on any atom is -0.481 e. The van der Waals surface area contributed by atoms with Gasteiger partial charge in [-0.05, 0) is 31.4 Å². The molecule has 0 spiro atoms. The Labute approximate surface area is 126 Å². The third kappa shape index (κ3) is 3.36. The third-order valence-corrected chi connectivity index (χ3v) is 4.45. The van der Waals surface area contributed by atoms with E-state index in [-0.39, 0.29) is 5.75 Å². The molecule has 2 aromatic rings. The summed E-state index contributed by atoms with van der Waals surface area (Å²) in [6.07, 6.45) is 5.15. The van der Waals surface area contributed by atoms with Crippen LogP contribution in [0.4, 0.5) is 0 Å². The van der Waals surface area contributed by atoms with Gasteiger partial charge in [-0.3, -0.25) is 4.79 Å². The van der Waals surface area contributed by atoms with Gasteiger partial charge in [0.2, 0.25) is 0 Å². The molecule has 1 N–H and O–H groups in total. The Balaban J connectivity index is 1.81. The van der Waals surface area contributed by atoms with Crippen LogP contribution in [0.25, 0.3) is 11.2 Å². The van der Waals surface area contributed by atoms with Crippen molar-refractivity contribution in [1.82, 2.24) is 14.5 Å². The summed E-state index contributed by atoms with van der Waals surface area (Å²) < 4.78 is 7.65. The van der Waals surface area contributed by atoms with Gasteiger partial charge in [-0.2, -0.15) is 0 Å². The Morgan fingerprint density at radius 1 is 1.57 bits per heavy atom. The van der Waals surface area contributed by atoms with Crippen LogP contribution in [0.15, 0.2) is 23.5 Å². The number of rotatable bonds is 6. The zero-order valence-corrected chi connectivity index (χ0v) is 12.4. The maximum Gasteiger partial charge on any atom is 0.313 e. The van der Waals surface area contributed by atoms with Gasteiger partial charge in [0, 0.05) is 19.3 Å². The second-order valence-electron chi connectivity index (χ2n) is 5.00. The van der Waals surface area contributed by atoms with E-state index in [4.69, 9.17) is 9.84 Å². The van der Waals surface area contributed by atoms with Crippen molar-refractivity contribution in [3.05, 3.63) is 18.3 Å². The van der Waals surface area contributed by atoms with Gasteiger partial charge in [-0.1, -0.05) is 11.8 Å². The molecular formula is C14H17N3O3S. The highest BCUT2D eigenvalue weighted by Gasteiger charge is 2.18. The smallest absolute Gasteiger partial charge is 0.313 e. The molecule has 2 aromatic heterocycles. The van der Waals surface area contributed by atoms with E-state index in [0.717, 1.165) is 43.6 Å². The molecule has 6 nitrogen and oxygen atoms in total. The quantitative estimate of drug-likeness (QED) is 0.824. The first kappa shape index (κ1) is 14.3. The van der Waals surface area contributed by atoms with Gasteiger partial charge in [0.25, 0.3) is 0 Å². The molecule has 0 aliphatic carbocycles. The van der Waals surface area contributed by atoms with Gasteiger partial charge in [0.15, 0.2) is 10.8 Å². The molecule has 1 aliphatic rings. The molecule has 0 bridgehead atoms. The summed E-state index contributed by atoms with van der Waals surface area (Å²) in [5.41, 5.74) is 1.61. The number of hydrogen-bond acceptors (Lipinski definition) is 5. The summed E-state index contributed by atoms with van der Waals surface area (Å²) >= 11 is 1.23. The van der Waals surface area contributed by atoms with Crippen molar-refractivity contribution >= 4 is 28.9 Å². The van der Waals surface area contributed by atoms with Crippen molar-refractivity contribution in [2.24, 2.45) is 0 Å². The number of nitrogens with zero attached hydrogens (tertiary/aromatic N) is 3. The molecule has 3 rings (SSSR count). The second-order valence-corrected chi connectivity index (χ2v) is 5.94. The van der Waals surface area contributed by atoms with Gasteiger partial charge in [-0.25, -0.2) is 9.97 Å². The fourth-order valence-corrected chi connectivity index (χ4v) is 3.27. The monoisotopic (exact) mass is 307 g/mol. The van der Waals surface area contributed by atoms with Gasteiger partial charge < -0.3 is 14.4 Å². The van der Waals surface area contributed by atoms with Gasteiger partial charge in [0.05, 0.1) is 11.9 Å². The van der Waals surface area contributed by atoms with E-state index in [9.17, 15) is 4.79 Å². The molecule has 0 amide bonds. The first-order chi connectivity index (χ1) is 10.2. The number of carboxylic acids is 1. The van der Waals surface area contributed by atoms with E-state index >= 15 is 0 Å². The fourth-order valence-electron chi connectivity index (χ4n) is 2.52. The molecule has 1 atom stereocenters. The predicted molar refractivity (Wildman–Crippen MR) is 79.5 cm³/mol. The SMILES string of the molecule is O=C(O)CSc1nc2cccnc2n1CCC1CCCO1. The highest BCUT2D eigenvalue weighted by Crippen LogP contribution is 2.24. The molecule has 1 aliphatic heterocycles. The predicted octanol–water partition coefficient (Wildman–Crippen LogP) is 2.18. The Hall–Kier alpha value is -1.60. The molecule has 0 aromatic carbocycles. The average Bonchev–Trinajstić information content (AvgIpc) is 3.10. The lowest BCUT2D eigenvalue weighted by Crippen LogP contribution is -2.11. The van der Waals surface area contributed by atoms with Crippen LogP contribution < -0.4 is 0 Å². The number of carboxylic acid groups (broad SMARTS) is 1. The summed E-state index contributed by atoms with van der Waals surface area (Å²) in [6.45, 7) is 1.59. The van der Waals surface area contributed by atoms with Crippen LogP contribution in [0.2, 0.25) is 0 Å². The van der Waals surface area contributed by atoms with E-state index in [2.05, 4.69) is 9.97 Å². The van der Waals surface area contributed by atoms with Crippen molar-refractivity contribution in [2.75, 3.05) is 12.4 Å². The number of aliphatic carboxylic acids is 1. The molecule has 1 saturated heterocycles. The largest absolute Gasteiger partial charge is 0.481 e. The molecule has 1 unspecified atom stereocenters. The molecule has 0 saturated carbocycles. The van der Waals surface area contributed by atoms with Crippen LogP contribution in [0, 0.1) is 0 Å². The minimum absolute atomic E-state index is 0.00322. The third-order valence-electron chi connectivity index (χ3n) is 3.49. The van der Waals surface area contributed by atoms with E-state index < -0.39 is 5.97 Å². The molecule has 7 heteroatoms. The Kier molecular flexibility index (Phi) is 4.40. The van der Waals surface area contributed by atoms with E-state index in [0.29, 0.717) is 11.3 Å². The second kappa shape index (κ2) is 6.44. The molecule has 112 valence electrons. The van der Waals surface area contributed by atoms with Crippen molar-refractivity contribution in [2.45, 2.75) is 37.1 Å². The van der Waals surface area contributed by atoms with E-state index in [1.54, 1.807) is 6.20 Å². The summed E-state index contributed by atoms with van der Waals surface area (Å²) in [4.78, 5) is 19.6. The number of aromatic nitrogens is 3. The Morgan fingerprint density at radius 2 is 2.48 bits per heavy atom. The topological polar surface area (TPSA) is 77.2 Å². The highest BCUT2D eigenvalue weighted by atomic mass is 32.2. The first-order valence-corrected chi connectivity index (χ1v) is 8.00. The van der Waals surface area contributed by atoms with Crippen molar-refractivity contribution in [3.63, 3.8) is 0 Å². The number of imidazole rings is 1. The van der Waals surface area contributed by atoms with E-state index in [1.807, 2.05) is 16.7 Å². The minimum atomic E-state index is -0.842. The molecule has 1 fully saturated rings. The van der Waals surface area contributed by atoms with Gasteiger partial charge in [-0.15, -0.1) is 0 Å². The summed E-state index contributed by atoms with van der Waals surface area (Å²) in [6, 6.07) is 3.74. The number of carbonyl (C=O) groups is 1. The van der Waals surface area contributed by atoms with Crippen molar-refractivity contribution in [3.8, 4) is 0 Å². The normalized spacial score (nSPS) is 18.4. The number of ether oxygens (including phenoxy) is 1. The average molecular weight is 307 g/mol. The van der Waals surface area contributed by atoms with Crippen LogP contribution in [-0.4, -0.2) is 44.1 Å². The van der Waals surface area contributed by atoms with Crippen molar-refractivity contribution in [1.29, 1.82) is 0 Å². The fraction of sp³-hybridized carbons (Fsp3) is 0.500. The van der Waals surface area contributed by atoms with Gasteiger partial charge in [0.1, 0.15) is 5.52 Å². The van der Waals surface area contributed by atoms with Crippen LogP contribution >= 0.6 is 11.8 Å². The molecular weight excluding hydrogens is 290 g/mol. The number of hydrogen-bond donors (Lipinski definition) is 1. The van der Waals surface area contributed by atoms with Crippen LogP contribution in [0.3, 0.4) is 0 Å². The van der Waals surface area contributed by atoms with Gasteiger partial charge >= 0.3 is 5.97 Å². The Morgan fingerprint density at radius 3 is 3.24 bits per heavy atom. The maximum atomic E-state index is 10.8. The Bertz CT molecular complexity index is 637. The lowest BCUT2D eigenvalue weighted by atomic mass is 10.2. The standard InChI is InChI=1S/C14H17N3O3S/c18-12(19)9-21-14-16-11-4-1-6-15-13(11)17(14)7-5-10-3-2-8-20-10/h1,4,6,10H,2-3,5,7-9H2,(H,18,19). The lowest BCUT2D eigenvalue weighted by Gasteiger charge is -2.11. The number of fused-ring (bicyclic) bond motifs is 1. The molecule has 3 heterocycles.